The molecular formula is C20H11Cl4N3O4. The van der Waals surface area contributed by atoms with E-state index in [4.69, 9.17) is 46.4 Å². The van der Waals surface area contributed by atoms with E-state index in [1.807, 2.05) is 0 Å². The molecule has 2 N–H and O–H groups in total. The largest absolute Gasteiger partial charge is 0.322 e. The molecule has 0 saturated heterocycles. The summed E-state index contributed by atoms with van der Waals surface area (Å²) in [5, 5.41) is 17.4. The molecule has 0 aromatic heterocycles. The van der Waals surface area contributed by atoms with Gasteiger partial charge in [0, 0.05) is 21.8 Å². The Morgan fingerprint density at radius 1 is 0.742 bits per heavy atom. The van der Waals surface area contributed by atoms with Crippen LogP contribution in [-0.4, -0.2) is 16.7 Å². The van der Waals surface area contributed by atoms with Gasteiger partial charge in [-0.15, -0.1) is 0 Å². The van der Waals surface area contributed by atoms with Gasteiger partial charge in [0.05, 0.1) is 26.1 Å². The van der Waals surface area contributed by atoms with Gasteiger partial charge in [0.25, 0.3) is 17.5 Å². The summed E-state index contributed by atoms with van der Waals surface area (Å²) in [5.41, 5.74) is -0.147. The maximum Gasteiger partial charge on any atom is 0.294 e. The van der Waals surface area contributed by atoms with Gasteiger partial charge in [-0.1, -0.05) is 46.4 Å². The first-order valence-electron chi connectivity index (χ1n) is 8.47. The number of nitrogens with one attached hydrogen (secondary N) is 2. The number of anilines is 2. The second kappa shape index (κ2) is 9.53. The van der Waals surface area contributed by atoms with Gasteiger partial charge in [0.15, 0.2) is 0 Å². The van der Waals surface area contributed by atoms with Gasteiger partial charge in [0.1, 0.15) is 5.69 Å². The van der Waals surface area contributed by atoms with Gasteiger partial charge in [-0.25, -0.2) is 0 Å². The third-order valence-electron chi connectivity index (χ3n) is 4.05. The number of amides is 2. The Bertz CT molecular complexity index is 1220. The summed E-state index contributed by atoms with van der Waals surface area (Å²) >= 11 is 23.7. The number of carbonyl (C=O) groups excluding carboxylic acids is 2. The van der Waals surface area contributed by atoms with Crippen molar-refractivity contribution in [1.29, 1.82) is 0 Å². The Hall–Kier alpha value is -2.84. The molecule has 2 amide bonds. The van der Waals surface area contributed by atoms with Gasteiger partial charge < -0.3 is 10.6 Å². The molecule has 3 aromatic carbocycles. The first-order valence-corrected chi connectivity index (χ1v) is 9.98. The number of hydrogen-bond acceptors (Lipinski definition) is 4. The van der Waals surface area contributed by atoms with Crippen molar-refractivity contribution < 1.29 is 14.5 Å². The summed E-state index contributed by atoms with van der Waals surface area (Å²) < 4.78 is 0. The Balaban J connectivity index is 1.85. The zero-order valence-corrected chi connectivity index (χ0v) is 18.3. The van der Waals surface area contributed by atoms with Crippen molar-refractivity contribution in [1.82, 2.24) is 0 Å². The van der Waals surface area contributed by atoms with E-state index < -0.39 is 22.4 Å². The van der Waals surface area contributed by atoms with Gasteiger partial charge in [-0.3, -0.25) is 19.7 Å². The van der Waals surface area contributed by atoms with Crippen molar-refractivity contribution in [2.24, 2.45) is 0 Å². The van der Waals surface area contributed by atoms with Crippen LogP contribution in [0.2, 0.25) is 20.1 Å². The molecule has 0 heterocycles. The van der Waals surface area contributed by atoms with E-state index in [-0.39, 0.29) is 32.5 Å². The predicted octanol–water partition coefficient (Wildman–Crippen LogP) is 6.71. The molecule has 0 radical (unpaired) electrons. The average Bonchev–Trinajstić information content (AvgIpc) is 2.68. The lowest BCUT2D eigenvalue weighted by atomic mass is 10.1. The van der Waals surface area contributed by atoms with E-state index in [1.54, 1.807) is 0 Å². The third kappa shape index (κ3) is 5.45. The molecule has 31 heavy (non-hydrogen) atoms. The maximum absolute atomic E-state index is 12.5. The standard InChI is InChI=1S/C20H11Cl4N3O4/c21-10-1-4-13(15(23)7-10)19(28)25-12-3-6-17(18(9-12)27(30)31)26-20(29)14-5-2-11(22)8-16(14)24/h1-9H,(H,25,28)(H,26,29). The Morgan fingerprint density at radius 2 is 1.26 bits per heavy atom. The van der Waals surface area contributed by atoms with Crippen LogP contribution in [0.3, 0.4) is 0 Å². The lowest BCUT2D eigenvalue weighted by Crippen LogP contribution is -2.15. The van der Waals surface area contributed by atoms with Gasteiger partial charge in [-0.05, 0) is 48.5 Å². The molecule has 158 valence electrons. The summed E-state index contributed by atoms with van der Waals surface area (Å²) in [6, 6.07) is 12.4. The molecule has 0 atom stereocenters. The molecule has 3 aromatic rings. The van der Waals surface area contributed by atoms with E-state index in [9.17, 15) is 19.7 Å². The molecule has 0 spiro atoms. The van der Waals surface area contributed by atoms with Crippen LogP contribution in [0, 0.1) is 10.1 Å². The predicted molar refractivity (Wildman–Crippen MR) is 122 cm³/mol. The molecule has 11 heteroatoms. The second-order valence-corrected chi connectivity index (χ2v) is 7.83. The molecular weight excluding hydrogens is 488 g/mol. The lowest BCUT2D eigenvalue weighted by molar-refractivity contribution is -0.383. The second-order valence-electron chi connectivity index (χ2n) is 6.15. The SMILES string of the molecule is O=C(Nc1ccc(NC(=O)c2ccc(Cl)cc2Cl)c([N+](=O)[O-])c1)c1ccc(Cl)cc1Cl. The van der Waals surface area contributed by atoms with Crippen molar-refractivity contribution in [2.75, 3.05) is 10.6 Å². The van der Waals surface area contributed by atoms with E-state index in [0.717, 1.165) is 6.07 Å². The number of nitrogens with zero attached hydrogens (tertiary/aromatic N) is 1. The van der Waals surface area contributed by atoms with Crippen molar-refractivity contribution >= 4 is 75.3 Å². The summed E-state index contributed by atoms with van der Waals surface area (Å²) in [7, 11) is 0. The van der Waals surface area contributed by atoms with E-state index >= 15 is 0 Å². The number of carbonyl (C=O) groups is 2. The van der Waals surface area contributed by atoms with E-state index in [2.05, 4.69) is 10.6 Å². The number of benzene rings is 3. The number of rotatable bonds is 5. The summed E-state index contributed by atoms with van der Waals surface area (Å²) in [4.78, 5) is 35.7. The van der Waals surface area contributed by atoms with Gasteiger partial charge in [0.2, 0.25) is 0 Å². The molecule has 7 nitrogen and oxygen atoms in total. The van der Waals surface area contributed by atoms with Crippen molar-refractivity contribution in [3.8, 4) is 0 Å². The van der Waals surface area contributed by atoms with Crippen LogP contribution < -0.4 is 10.6 Å². The summed E-state index contributed by atoms with van der Waals surface area (Å²) in [5.74, 6) is -1.24. The normalized spacial score (nSPS) is 10.5. The minimum atomic E-state index is -0.690. The molecule has 0 aliphatic rings. The van der Waals surface area contributed by atoms with Crippen molar-refractivity contribution in [2.45, 2.75) is 0 Å². The fraction of sp³-hybridized carbons (Fsp3) is 0. The quantitative estimate of drug-likeness (QED) is 0.301. The van der Waals surface area contributed by atoms with Crippen LogP contribution in [0.1, 0.15) is 20.7 Å². The maximum atomic E-state index is 12.5. The van der Waals surface area contributed by atoms with Crippen LogP contribution in [0.15, 0.2) is 54.6 Å². The fourth-order valence-corrected chi connectivity index (χ4v) is 3.59. The smallest absolute Gasteiger partial charge is 0.294 e. The number of nitro benzene ring substituents is 1. The zero-order valence-electron chi connectivity index (χ0n) is 15.3. The minimum Gasteiger partial charge on any atom is -0.322 e. The highest BCUT2D eigenvalue weighted by Gasteiger charge is 2.20. The highest BCUT2D eigenvalue weighted by Crippen LogP contribution is 2.30. The number of nitro groups is 1. The molecule has 0 unspecified atom stereocenters. The van der Waals surface area contributed by atoms with Crippen LogP contribution in [0.5, 0.6) is 0 Å². The van der Waals surface area contributed by atoms with Gasteiger partial charge in [-0.2, -0.15) is 0 Å². The molecule has 0 bridgehead atoms. The molecule has 0 fully saturated rings. The first-order chi connectivity index (χ1) is 14.7. The third-order valence-corrected chi connectivity index (χ3v) is 5.15. The number of hydrogen-bond donors (Lipinski definition) is 2. The fourth-order valence-electron chi connectivity index (χ4n) is 2.60. The lowest BCUT2D eigenvalue weighted by Gasteiger charge is -2.10. The highest BCUT2D eigenvalue weighted by molar-refractivity contribution is 6.38. The minimum absolute atomic E-state index is 0.0801. The monoisotopic (exact) mass is 497 g/mol. The van der Waals surface area contributed by atoms with Crippen LogP contribution in [-0.2, 0) is 0 Å². The van der Waals surface area contributed by atoms with E-state index in [0.29, 0.717) is 10.0 Å². The first kappa shape index (κ1) is 22.8. The van der Waals surface area contributed by atoms with Crippen LogP contribution in [0.4, 0.5) is 17.1 Å². The molecule has 3 rings (SSSR count). The Kier molecular flexibility index (Phi) is 7.02. The van der Waals surface area contributed by atoms with Crippen molar-refractivity contribution in [3.05, 3.63) is 95.9 Å². The van der Waals surface area contributed by atoms with Crippen LogP contribution in [0.25, 0.3) is 0 Å². The average molecular weight is 499 g/mol. The number of halogens is 4. The van der Waals surface area contributed by atoms with Crippen LogP contribution >= 0.6 is 46.4 Å². The Morgan fingerprint density at radius 3 is 1.74 bits per heavy atom. The molecule has 0 aliphatic heterocycles. The Labute approximate surface area is 196 Å². The highest BCUT2D eigenvalue weighted by atomic mass is 35.5. The molecule has 0 saturated carbocycles. The van der Waals surface area contributed by atoms with Crippen molar-refractivity contribution in [3.63, 3.8) is 0 Å². The summed E-state index contributed by atoms with van der Waals surface area (Å²) in [6.07, 6.45) is 0. The zero-order chi connectivity index (χ0) is 22.7. The topological polar surface area (TPSA) is 101 Å². The van der Waals surface area contributed by atoms with E-state index in [1.165, 1.54) is 48.5 Å². The molecule has 0 aliphatic carbocycles. The van der Waals surface area contributed by atoms with Gasteiger partial charge >= 0.3 is 0 Å². The summed E-state index contributed by atoms with van der Waals surface area (Å²) in [6.45, 7) is 0.